The number of nitrogens with one attached hydrogen (secondary N) is 1. The second-order valence-electron chi connectivity index (χ2n) is 2.04. The lowest BCUT2D eigenvalue weighted by atomic mass is 10.4. The van der Waals surface area contributed by atoms with Crippen molar-refractivity contribution in [3.63, 3.8) is 0 Å². The van der Waals surface area contributed by atoms with Crippen LogP contribution in [0.2, 0.25) is 0 Å². The van der Waals surface area contributed by atoms with E-state index in [2.05, 4.69) is 11.3 Å². The fourth-order valence-electron chi connectivity index (χ4n) is 0.827. The highest BCUT2D eigenvalue weighted by Crippen LogP contribution is 2.03. The molecular weight excluding hydrogens is 136 g/mol. The van der Waals surface area contributed by atoms with Gasteiger partial charge in [0, 0.05) is 13.1 Å². The Morgan fingerprint density at radius 3 is 3.11 bits per heavy atom. The molecule has 9 heavy (non-hydrogen) atoms. The van der Waals surface area contributed by atoms with Gasteiger partial charge >= 0.3 is 0 Å². The van der Waals surface area contributed by atoms with E-state index in [1.54, 1.807) is 0 Å². The van der Waals surface area contributed by atoms with Crippen LogP contribution in [0.25, 0.3) is 0 Å². The fourth-order valence-corrected chi connectivity index (χ4v) is 1.06. The molecule has 0 aromatic carbocycles. The van der Waals surface area contributed by atoms with Gasteiger partial charge < -0.3 is 0 Å². The van der Waals surface area contributed by atoms with E-state index in [4.69, 9.17) is 18.0 Å². The molecular formula is C6H9ClN2. The fraction of sp³-hybridized carbons (Fsp3) is 0.667. The number of alkyl halides is 1. The van der Waals surface area contributed by atoms with Crippen molar-refractivity contribution >= 4 is 11.6 Å². The predicted octanol–water partition coefficient (Wildman–Crippen LogP) is 0.0472. The third-order valence-corrected chi connectivity index (χ3v) is 1.53. The van der Waals surface area contributed by atoms with Crippen molar-refractivity contribution < 1.29 is 0 Å². The molecule has 1 atom stereocenters. The monoisotopic (exact) mass is 144 g/mol. The third kappa shape index (κ3) is 1.87. The molecule has 1 aliphatic rings. The van der Waals surface area contributed by atoms with Gasteiger partial charge in [-0.1, -0.05) is 5.92 Å². The number of nitrogens with zero attached hydrogens (tertiary/aromatic N) is 1. The topological polar surface area (TPSA) is 15.3 Å². The molecule has 1 saturated heterocycles. The number of hydrazine groups is 1. The lowest BCUT2D eigenvalue weighted by Gasteiger charge is -2.09. The molecule has 0 bridgehead atoms. The van der Waals surface area contributed by atoms with Crippen molar-refractivity contribution in [1.82, 2.24) is 10.4 Å². The molecule has 0 aromatic rings. The van der Waals surface area contributed by atoms with Crippen LogP contribution in [0.4, 0.5) is 0 Å². The van der Waals surface area contributed by atoms with Crippen LogP contribution in [0.1, 0.15) is 0 Å². The average molecular weight is 145 g/mol. The zero-order valence-corrected chi connectivity index (χ0v) is 5.86. The standard InChI is InChI=1S/C6H9ClN2/c1-2-3-9-5-6(7)4-8-9/h1,6,8H,3-5H2. The molecule has 1 heterocycles. The van der Waals surface area contributed by atoms with Gasteiger partial charge in [-0.2, -0.15) is 0 Å². The van der Waals surface area contributed by atoms with Crippen molar-refractivity contribution in [1.29, 1.82) is 0 Å². The van der Waals surface area contributed by atoms with Crippen LogP contribution in [0.15, 0.2) is 0 Å². The summed E-state index contributed by atoms with van der Waals surface area (Å²) in [7, 11) is 0. The summed E-state index contributed by atoms with van der Waals surface area (Å²) in [6.07, 6.45) is 5.08. The highest BCUT2D eigenvalue weighted by Gasteiger charge is 2.17. The van der Waals surface area contributed by atoms with Gasteiger partial charge in [-0.05, 0) is 0 Å². The van der Waals surface area contributed by atoms with E-state index in [0.29, 0.717) is 6.54 Å². The molecule has 0 aliphatic carbocycles. The summed E-state index contributed by atoms with van der Waals surface area (Å²) in [5.74, 6) is 2.53. The normalized spacial score (nSPS) is 28.2. The van der Waals surface area contributed by atoms with Crippen LogP contribution in [-0.2, 0) is 0 Å². The molecule has 50 valence electrons. The first-order chi connectivity index (χ1) is 4.33. The van der Waals surface area contributed by atoms with E-state index < -0.39 is 0 Å². The van der Waals surface area contributed by atoms with Gasteiger partial charge in [0.05, 0.1) is 11.9 Å². The Labute approximate surface area is 60.1 Å². The van der Waals surface area contributed by atoms with Gasteiger partial charge in [-0.3, -0.25) is 5.43 Å². The number of hydrogen-bond acceptors (Lipinski definition) is 2. The first-order valence-electron chi connectivity index (χ1n) is 2.89. The van der Waals surface area contributed by atoms with Gasteiger partial charge in [0.15, 0.2) is 0 Å². The summed E-state index contributed by atoms with van der Waals surface area (Å²) in [6, 6.07) is 0. The summed E-state index contributed by atoms with van der Waals surface area (Å²) < 4.78 is 0. The largest absolute Gasteiger partial charge is 0.253 e. The molecule has 0 aromatic heterocycles. The van der Waals surface area contributed by atoms with E-state index in [0.717, 1.165) is 13.1 Å². The summed E-state index contributed by atoms with van der Waals surface area (Å²) >= 11 is 5.77. The predicted molar refractivity (Wildman–Crippen MR) is 38.0 cm³/mol. The van der Waals surface area contributed by atoms with Crippen molar-refractivity contribution in [2.45, 2.75) is 5.38 Å². The van der Waals surface area contributed by atoms with Gasteiger partial charge in [-0.25, -0.2) is 5.01 Å². The Bertz CT molecular complexity index is 130. The maximum absolute atomic E-state index is 5.77. The van der Waals surface area contributed by atoms with E-state index in [1.807, 2.05) is 5.01 Å². The summed E-state index contributed by atoms with van der Waals surface area (Å²) in [5, 5.41) is 2.16. The third-order valence-electron chi connectivity index (χ3n) is 1.24. The Morgan fingerprint density at radius 1 is 1.89 bits per heavy atom. The summed E-state index contributed by atoms with van der Waals surface area (Å²) in [6.45, 7) is 2.33. The Balaban J connectivity index is 2.24. The molecule has 1 rings (SSSR count). The van der Waals surface area contributed by atoms with Crippen LogP contribution < -0.4 is 5.43 Å². The molecule has 3 heteroatoms. The minimum Gasteiger partial charge on any atom is -0.253 e. The molecule has 2 nitrogen and oxygen atoms in total. The molecule has 1 aliphatic heterocycles. The smallest absolute Gasteiger partial charge is 0.0740 e. The van der Waals surface area contributed by atoms with E-state index in [-0.39, 0.29) is 5.38 Å². The molecule has 1 N–H and O–H groups in total. The van der Waals surface area contributed by atoms with Crippen LogP contribution in [0.5, 0.6) is 0 Å². The Hall–Kier alpha value is -0.230. The minimum absolute atomic E-state index is 0.221. The number of hydrogen-bond donors (Lipinski definition) is 1. The second-order valence-corrected chi connectivity index (χ2v) is 2.66. The summed E-state index contributed by atoms with van der Waals surface area (Å²) in [4.78, 5) is 0. The lowest BCUT2D eigenvalue weighted by Crippen LogP contribution is -2.30. The molecule has 1 unspecified atom stereocenters. The Morgan fingerprint density at radius 2 is 2.67 bits per heavy atom. The zero-order valence-electron chi connectivity index (χ0n) is 5.10. The first kappa shape index (κ1) is 6.88. The van der Waals surface area contributed by atoms with E-state index in [9.17, 15) is 0 Å². The molecule has 0 spiro atoms. The highest BCUT2D eigenvalue weighted by atomic mass is 35.5. The number of halogens is 1. The summed E-state index contributed by atoms with van der Waals surface area (Å²) in [5.41, 5.74) is 3.07. The average Bonchev–Trinajstić information content (AvgIpc) is 2.17. The van der Waals surface area contributed by atoms with Crippen LogP contribution in [0, 0.1) is 12.3 Å². The quantitative estimate of drug-likeness (QED) is 0.413. The van der Waals surface area contributed by atoms with Crippen LogP contribution >= 0.6 is 11.6 Å². The first-order valence-corrected chi connectivity index (χ1v) is 3.32. The highest BCUT2D eigenvalue weighted by molar-refractivity contribution is 6.21. The molecule has 0 amide bonds. The van der Waals surface area contributed by atoms with Gasteiger partial charge in [0.1, 0.15) is 0 Å². The number of terminal acetylenes is 1. The van der Waals surface area contributed by atoms with Crippen molar-refractivity contribution in [2.24, 2.45) is 0 Å². The second kappa shape index (κ2) is 3.07. The van der Waals surface area contributed by atoms with Crippen molar-refractivity contribution in [3.05, 3.63) is 0 Å². The van der Waals surface area contributed by atoms with Crippen molar-refractivity contribution in [2.75, 3.05) is 19.6 Å². The van der Waals surface area contributed by atoms with Crippen LogP contribution in [-0.4, -0.2) is 30.0 Å². The number of rotatable bonds is 1. The van der Waals surface area contributed by atoms with Gasteiger partial charge in [0.2, 0.25) is 0 Å². The SMILES string of the molecule is C#CCN1CC(Cl)CN1. The lowest BCUT2D eigenvalue weighted by molar-refractivity contribution is 0.288. The van der Waals surface area contributed by atoms with E-state index >= 15 is 0 Å². The molecule has 0 saturated carbocycles. The van der Waals surface area contributed by atoms with Gasteiger partial charge in [0.25, 0.3) is 0 Å². The van der Waals surface area contributed by atoms with Crippen LogP contribution in [0.3, 0.4) is 0 Å². The zero-order chi connectivity index (χ0) is 6.69. The molecule has 1 fully saturated rings. The van der Waals surface area contributed by atoms with Crippen molar-refractivity contribution in [3.8, 4) is 12.3 Å². The molecule has 0 radical (unpaired) electrons. The minimum atomic E-state index is 0.221. The van der Waals surface area contributed by atoms with Gasteiger partial charge in [-0.15, -0.1) is 18.0 Å². The maximum Gasteiger partial charge on any atom is 0.0740 e. The Kier molecular flexibility index (Phi) is 2.35. The van der Waals surface area contributed by atoms with E-state index in [1.165, 1.54) is 0 Å². The maximum atomic E-state index is 5.77.